The van der Waals surface area contributed by atoms with E-state index in [-0.39, 0.29) is 0 Å². The second-order valence-electron chi connectivity index (χ2n) is 6.36. The first kappa shape index (κ1) is 15.6. The van der Waals surface area contributed by atoms with E-state index in [4.69, 9.17) is 5.10 Å². The Morgan fingerprint density at radius 3 is 2.85 bits per heavy atom. The van der Waals surface area contributed by atoms with Crippen LogP contribution in [0, 0.1) is 0 Å². The Kier molecular flexibility index (Phi) is 6.58. The van der Waals surface area contributed by atoms with E-state index >= 15 is 0 Å². The minimum Gasteiger partial charge on any atom is -0.309 e. The molecule has 114 valence electrons. The number of unbranched alkanes of at least 4 members (excludes halogenated alkanes) is 2. The zero-order valence-electron chi connectivity index (χ0n) is 13.3. The second kappa shape index (κ2) is 8.46. The van der Waals surface area contributed by atoms with Crippen molar-refractivity contribution >= 4 is 0 Å². The highest BCUT2D eigenvalue weighted by Gasteiger charge is 2.15. The van der Waals surface area contributed by atoms with E-state index < -0.39 is 0 Å². The van der Waals surface area contributed by atoms with E-state index in [0.29, 0.717) is 12.1 Å². The molecule has 0 amide bonds. The van der Waals surface area contributed by atoms with Gasteiger partial charge in [-0.15, -0.1) is 0 Å². The zero-order valence-corrected chi connectivity index (χ0v) is 13.3. The van der Waals surface area contributed by atoms with Crippen LogP contribution in [0.4, 0.5) is 0 Å². The maximum atomic E-state index is 4.76. The van der Waals surface area contributed by atoms with Crippen LogP contribution in [-0.2, 0) is 6.54 Å². The van der Waals surface area contributed by atoms with Crippen molar-refractivity contribution in [2.75, 3.05) is 0 Å². The fourth-order valence-corrected chi connectivity index (χ4v) is 3.10. The number of aromatic nitrogens is 2. The van der Waals surface area contributed by atoms with Crippen LogP contribution in [0.2, 0.25) is 0 Å². The molecule has 1 aromatic heterocycles. The molecule has 1 fully saturated rings. The van der Waals surface area contributed by atoms with Gasteiger partial charge in [-0.05, 0) is 32.3 Å². The Labute approximate surface area is 124 Å². The molecule has 3 nitrogen and oxygen atoms in total. The van der Waals surface area contributed by atoms with Crippen molar-refractivity contribution in [2.24, 2.45) is 0 Å². The molecule has 2 rings (SSSR count). The summed E-state index contributed by atoms with van der Waals surface area (Å²) in [5.74, 6) is 0. The van der Waals surface area contributed by atoms with Gasteiger partial charge in [-0.1, -0.05) is 45.4 Å². The molecule has 1 unspecified atom stereocenters. The fourth-order valence-electron chi connectivity index (χ4n) is 3.10. The summed E-state index contributed by atoms with van der Waals surface area (Å²) in [4.78, 5) is 0. The molecule has 1 aliphatic carbocycles. The maximum absolute atomic E-state index is 4.76. The van der Waals surface area contributed by atoms with Crippen molar-refractivity contribution in [3.8, 4) is 0 Å². The van der Waals surface area contributed by atoms with Crippen molar-refractivity contribution in [3.63, 3.8) is 0 Å². The normalized spacial score (nSPS) is 18.3. The number of nitrogens with one attached hydrogen (secondary N) is 1. The lowest BCUT2D eigenvalue weighted by Crippen LogP contribution is -2.25. The van der Waals surface area contributed by atoms with Gasteiger partial charge in [-0.25, -0.2) is 0 Å². The first-order valence-corrected chi connectivity index (χ1v) is 8.57. The predicted molar refractivity (Wildman–Crippen MR) is 84.8 cm³/mol. The maximum Gasteiger partial charge on any atom is 0.0762 e. The number of hydrogen-bond acceptors (Lipinski definition) is 2. The van der Waals surface area contributed by atoms with Gasteiger partial charge in [-0.3, -0.25) is 4.68 Å². The minimum absolute atomic E-state index is 0.599. The third-order valence-electron chi connectivity index (χ3n) is 4.48. The van der Waals surface area contributed by atoms with Crippen LogP contribution in [0.5, 0.6) is 0 Å². The third-order valence-corrected chi connectivity index (χ3v) is 4.48. The SMILES string of the molecule is CCCCCC(C)NCc1ccn(C2CCCCC2)n1. The van der Waals surface area contributed by atoms with Crippen LogP contribution in [-0.4, -0.2) is 15.8 Å². The highest BCUT2D eigenvalue weighted by Crippen LogP contribution is 2.27. The summed E-state index contributed by atoms with van der Waals surface area (Å²) in [6.07, 6.45) is 14.2. The Balaban J connectivity index is 1.72. The van der Waals surface area contributed by atoms with E-state index in [1.165, 1.54) is 63.5 Å². The average Bonchev–Trinajstić information content (AvgIpc) is 2.95. The second-order valence-corrected chi connectivity index (χ2v) is 6.36. The summed E-state index contributed by atoms with van der Waals surface area (Å²) in [5.41, 5.74) is 1.19. The summed E-state index contributed by atoms with van der Waals surface area (Å²) in [7, 11) is 0. The Bertz CT molecular complexity index is 366. The van der Waals surface area contributed by atoms with Crippen molar-refractivity contribution in [1.29, 1.82) is 0 Å². The van der Waals surface area contributed by atoms with E-state index in [0.717, 1.165) is 6.54 Å². The van der Waals surface area contributed by atoms with Crippen LogP contribution < -0.4 is 5.32 Å². The summed E-state index contributed by atoms with van der Waals surface area (Å²) < 4.78 is 2.21. The molecule has 0 aromatic carbocycles. The van der Waals surface area contributed by atoms with E-state index in [9.17, 15) is 0 Å². The average molecular weight is 277 g/mol. The molecule has 0 bridgehead atoms. The van der Waals surface area contributed by atoms with Crippen molar-refractivity contribution in [1.82, 2.24) is 15.1 Å². The van der Waals surface area contributed by atoms with Crippen molar-refractivity contribution in [3.05, 3.63) is 18.0 Å². The molecule has 1 atom stereocenters. The van der Waals surface area contributed by atoms with Gasteiger partial charge in [0.15, 0.2) is 0 Å². The van der Waals surface area contributed by atoms with Gasteiger partial charge >= 0.3 is 0 Å². The van der Waals surface area contributed by atoms with Gasteiger partial charge in [0.1, 0.15) is 0 Å². The molecular weight excluding hydrogens is 246 g/mol. The van der Waals surface area contributed by atoms with Gasteiger partial charge in [0.2, 0.25) is 0 Å². The van der Waals surface area contributed by atoms with Crippen LogP contribution in [0.15, 0.2) is 12.3 Å². The first-order chi connectivity index (χ1) is 9.79. The molecule has 0 spiro atoms. The monoisotopic (exact) mass is 277 g/mol. The van der Waals surface area contributed by atoms with Gasteiger partial charge in [0.25, 0.3) is 0 Å². The number of hydrogen-bond donors (Lipinski definition) is 1. The Hall–Kier alpha value is -0.830. The number of nitrogens with zero attached hydrogens (tertiary/aromatic N) is 2. The van der Waals surface area contributed by atoms with E-state index in [1.807, 2.05) is 0 Å². The zero-order chi connectivity index (χ0) is 14.2. The van der Waals surface area contributed by atoms with Gasteiger partial charge in [0.05, 0.1) is 11.7 Å². The highest BCUT2D eigenvalue weighted by atomic mass is 15.3. The number of rotatable bonds is 8. The lowest BCUT2D eigenvalue weighted by molar-refractivity contribution is 0.327. The van der Waals surface area contributed by atoms with Crippen LogP contribution in [0.1, 0.15) is 83.4 Å². The van der Waals surface area contributed by atoms with Gasteiger partial charge in [0, 0.05) is 18.8 Å². The topological polar surface area (TPSA) is 29.9 Å². The summed E-state index contributed by atoms with van der Waals surface area (Å²) in [6, 6.07) is 3.43. The molecule has 1 heterocycles. The lowest BCUT2D eigenvalue weighted by Gasteiger charge is -2.21. The van der Waals surface area contributed by atoms with E-state index in [1.54, 1.807) is 0 Å². The minimum atomic E-state index is 0.599. The van der Waals surface area contributed by atoms with Crippen LogP contribution >= 0.6 is 0 Å². The third kappa shape index (κ3) is 4.93. The standard InChI is InChI=1S/C17H31N3/c1-3-4-6-9-15(2)18-14-16-12-13-20(19-16)17-10-7-5-8-11-17/h12-13,15,17-18H,3-11,14H2,1-2H3. The van der Waals surface area contributed by atoms with Crippen molar-refractivity contribution in [2.45, 2.75) is 90.3 Å². The molecule has 1 N–H and O–H groups in total. The molecule has 1 aliphatic rings. The fraction of sp³-hybridized carbons (Fsp3) is 0.824. The van der Waals surface area contributed by atoms with Gasteiger partial charge in [-0.2, -0.15) is 5.10 Å². The molecule has 0 radical (unpaired) electrons. The molecule has 3 heteroatoms. The predicted octanol–water partition coefficient (Wildman–Crippen LogP) is 4.45. The molecular formula is C17H31N3. The van der Waals surface area contributed by atoms with Gasteiger partial charge < -0.3 is 5.32 Å². The van der Waals surface area contributed by atoms with Crippen LogP contribution in [0.25, 0.3) is 0 Å². The smallest absolute Gasteiger partial charge is 0.0762 e. The van der Waals surface area contributed by atoms with Crippen LogP contribution in [0.3, 0.4) is 0 Å². The van der Waals surface area contributed by atoms with Crippen molar-refractivity contribution < 1.29 is 0 Å². The van der Waals surface area contributed by atoms with E-state index in [2.05, 4.69) is 36.1 Å². The summed E-state index contributed by atoms with van der Waals surface area (Å²) >= 11 is 0. The molecule has 20 heavy (non-hydrogen) atoms. The molecule has 0 saturated heterocycles. The first-order valence-electron chi connectivity index (χ1n) is 8.57. The summed E-state index contributed by atoms with van der Waals surface area (Å²) in [5, 5.41) is 8.35. The summed E-state index contributed by atoms with van der Waals surface area (Å²) in [6.45, 7) is 5.46. The Morgan fingerprint density at radius 2 is 2.10 bits per heavy atom. The molecule has 1 aromatic rings. The Morgan fingerprint density at radius 1 is 1.30 bits per heavy atom. The highest BCUT2D eigenvalue weighted by molar-refractivity contribution is 5.00. The largest absolute Gasteiger partial charge is 0.309 e. The lowest BCUT2D eigenvalue weighted by atomic mass is 9.96. The molecule has 1 saturated carbocycles. The quantitative estimate of drug-likeness (QED) is 0.712. The molecule has 0 aliphatic heterocycles.